The van der Waals surface area contributed by atoms with Gasteiger partial charge in [0.15, 0.2) is 0 Å². The molecule has 96 valence electrons. The second kappa shape index (κ2) is 5.87. The number of hydrogen-bond acceptors (Lipinski definition) is 3. The number of benzene rings is 1. The summed E-state index contributed by atoms with van der Waals surface area (Å²) < 4.78 is 6.24. The molecule has 0 saturated carbocycles. The van der Waals surface area contributed by atoms with E-state index in [1.54, 1.807) is 18.4 Å². The second-order valence-electron chi connectivity index (χ2n) is 4.13. The molecular formula is C14H15BrO2S. The molecule has 0 radical (unpaired) electrons. The number of methoxy groups -OCH3 is 1. The molecule has 0 aliphatic heterocycles. The van der Waals surface area contributed by atoms with E-state index in [0.29, 0.717) is 6.42 Å². The molecule has 0 amide bonds. The normalized spacial score (nSPS) is 12.4. The molecule has 0 bridgehead atoms. The minimum atomic E-state index is -0.473. The summed E-state index contributed by atoms with van der Waals surface area (Å²) in [6.45, 7) is 2.03. The Morgan fingerprint density at radius 3 is 2.78 bits per heavy atom. The Balaban J connectivity index is 2.15. The van der Waals surface area contributed by atoms with Gasteiger partial charge in [0.1, 0.15) is 5.75 Å². The lowest BCUT2D eigenvalue weighted by atomic mass is 10.0. The first kappa shape index (κ1) is 13.6. The maximum Gasteiger partial charge on any atom is 0.119 e. The van der Waals surface area contributed by atoms with Gasteiger partial charge in [-0.2, -0.15) is 0 Å². The molecule has 18 heavy (non-hydrogen) atoms. The van der Waals surface area contributed by atoms with E-state index in [-0.39, 0.29) is 0 Å². The van der Waals surface area contributed by atoms with E-state index in [0.717, 1.165) is 25.5 Å². The van der Waals surface area contributed by atoms with Gasteiger partial charge in [-0.05, 0) is 52.2 Å². The van der Waals surface area contributed by atoms with Crippen LogP contribution in [0.5, 0.6) is 5.75 Å². The van der Waals surface area contributed by atoms with Crippen LogP contribution >= 0.6 is 27.3 Å². The van der Waals surface area contributed by atoms with E-state index >= 15 is 0 Å². The molecule has 0 saturated heterocycles. The fraction of sp³-hybridized carbons (Fsp3) is 0.286. The van der Waals surface area contributed by atoms with Crippen LogP contribution in [0.4, 0.5) is 0 Å². The van der Waals surface area contributed by atoms with Gasteiger partial charge in [0.25, 0.3) is 0 Å². The van der Waals surface area contributed by atoms with Crippen molar-refractivity contribution in [1.82, 2.24) is 0 Å². The molecule has 1 aromatic heterocycles. The van der Waals surface area contributed by atoms with Gasteiger partial charge in [0.2, 0.25) is 0 Å². The van der Waals surface area contributed by atoms with Gasteiger partial charge >= 0.3 is 0 Å². The number of aliphatic hydroxyl groups excluding tert-OH is 1. The van der Waals surface area contributed by atoms with Gasteiger partial charge in [-0.15, -0.1) is 11.3 Å². The van der Waals surface area contributed by atoms with Gasteiger partial charge in [-0.1, -0.05) is 12.1 Å². The molecule has 1 unspecified atom stereocenters. The predicted octanol–water partition coefficient (Wildman–Crippen LogP) is 4.10. The molecule has 2 aromatic rings. The zero-order valence-corrected chi connectivity index (χ0v) is 12.7. The zero-order valence-electron chi connectivity index (χ0n) is 10.3. The molecule has 1 atom stereocenters. The molecular weight excluding hydrogens is 312 g/mol. The predicted molar refractivity (Wildman–Crippen MR) is 78.4 cm³/mol. The average molecular weight is 327 g/mol. The van der Waals surface area contributed by atoms with E-state index in [4.69, 9.17) is 4.74 Å². The van der Waals surface area contributed by atoms with Crippen molar-refractivity contribution in [1.29, 1.82) is 0 Å². The van der Waals surface area contributed by atoms with Gasteiger partial charge in [-0.3, -0.25) is 0 Å². The first-order valence-corrected chi connectivity index (χ1v) is 7.28. The fourth-order valence-electron chi connectivity index (χ4n) is 1.92. The van der Waals surface area contributed by atoms with Crippen molar-refractivity contribution in [3.05, 3.63) is 50.1 Å². The largest absolute Gasteiger partial charge is 0.497 e. The third kappa shape index (κ3) is 3.13. The molecule has 4 heteroatoms. The molecule has 2 nitrogen and oxygen atoms in total. The van der Waals surface area contributed by atoms with Crippen molar-refractivity contribution in [2.45, 2.75) is 19.4 Å². The highest BCUT2D eigenvalue weighted by atomic mass is 79.9. The molecule has 1 heterocycles. The van der Waals surface area contributed by atoms with Crippen molar-refractivity contribution in [2.24, 2.45) is 0 Å². The smallest absolute Gasteiger partial charge is 0.119 e. The number of thiophene rings is 1. The lowest BCUT2D eigenvalue weighted by Gasteiger charge is -2.11. The Labute approximate surface area is 119 Å². The lowest BCUT2D eigenvalue weighted by molar-refractivity contribution is 0.178. The van der Waals surface area contributed by atoms with Crippen LogP contribution < -0.4 is 4.74 Å². The Morgan fingerprint density at radius 2 is 2.17 bits per heavy atom. The van der Waals surface area contributed by atoms with E-state index in [1.165, 1.54) is 0 Å². The minimum absolute atomic E-state index is 0.473. The van der Waals surface area contributed by atoms with Crippen LogP contribution in [0.2, 0.25) is 0 Å². The summed E-state index contributed by atoms with van der Waals surface area (Å²) in [6.07, 6.45) is 0.126. The Hall–Kier alpha value is -0.840. The number of halogens is 1. The van der Waals surface area contributed by atoms with Crippen LogP contribution in [0.3, 0.4) is 0 Å². The number of rotatable bonds is 4. The van der Waals surface area contributed by atoms with E-state index in [1.807, 2.05) is 37.3 Å². The van der Waals surface area contributed by atoms with E-state index in [9.17, 15) is 5.11 Å². The number of hydrogen-bond donors (Lipinski definition) is 1. The Bertz CT molecular complexity index is 536. The van der Waals surface area contributed by atoms with Crippen molar-refractivity contribution in [2.75, 3.05) is 7.11 Å². The fourth-order valence-corrected chi connectivity index (χ4v) is 3.69. The summed E-state index contributed by atoms with van der Waals surface area (Å²) in [4.78, 5) is 1.15. The van der Waals surface area contributed by atoms with Crippen molar-refractivity contribution in [3.8, 4) is 5.75 Å². The van der Waals surface area contributed by atoms with E-state index in [2.05, 4.69) is 15.9 Å². The maximum atomic E-state index is 10.3. The van der Waals surface area contributed by atoms with Crippen LogP contribution in [0, 0.1) is 6.92 Å². The molecule has 1 aromatic carbocycles. The number of ether oxygens (including phenoxy) is 1. The summed E-state index contributed by atoms with van der Waals surface area (Å²) in [5.74, 6) is 0.822. The monoisotopic (exact) mass is 326 g/mol. The minimum Gasteiger partial charge on any atom is -0.497 e. The first-order chi connectivity index (χ1) is 8.60. The van der Waals surface area contributed by atoms with Gasteiger partial charge in [-0.25, -0.2) is 0 Å². The molecule has 0 spiro atoms. The van der Waals surface area contributed by atoms with Crippen LogP contribution in [-0.4, -0.2) is 12.2 Å². The van der Waals surface area contributed by atoms with Gasteiger partial charge < -0.3 is 9.84 Å². The quantitative estimate of drug-likeness (QED) is 0.916. The van der Waals surface area contributed by atoms with Gasteiger partial charge in [0, 0.05) is 11.3 Å². The highest BCUT2D eigenvalue weighted by molar-refractivity contribution is 9.11. The molecule has 0 aliphatic rings. The molecule has 1 N–H and O–H groups in total. The van der Waals surface area contributed by atoms with Crippen molar-refractivity contribution >= 4 is 27.3 Å². The summed E-state index contributed by atoms with van der Waals surface area (Å²) in [7, 11) is 1.65. The number of aryl methyl sites for hydroxylation is 1. The molecule has 2 rings (SSSR count). The molecule has 0 fully saturated rings. The van der Waals surface area contributed by atoms with Crippen molar-refractivity contribution in [3.63, 3.8) is 0 Å². The standard InChI is InChI=1S/C14H15BrO2S/c1-9-12(8-14(15)18-9)13(16)7-10-4-3-5-11(6-10)17-2/h3-6,8,13,16H,7H2,1-2H3. The summed E-state index contributed by atoms with van der Waals surface area (Å²) in [5, 5.41) is 10.3. The lowest BCUT2D eigenvalue weighted by Crippen LogP contribution is -2.02. The van der Waals surface area contributed by atoms with E-state index < -0.39 is 6.10 Å². The Kier molecular flexibility index (Phi) is 4.43. The third-order valence-corrected chi connectivity index (χ3v) is 4.42. The third-order valence-electron chi connectivity index (χ3n) is 2.85. The maximum absolute atomic E-state index is 10.3. The topological polar surface area (TPSA) is 29.5 Å². The van der Waals surface area contributed by atoms with Crippen LogP contribution in [-0.2, 0) is 6.42 Å². The van der Waals surface area contributed by atoms with Crippen LogP contribution in [0.15, 0.2) is 34.1 Å². The summed E-state index contributed by atoms with van der Waals surface area (Å²) >= 11 is 5.09. The first-order valence-electron chi connectivity index (χ1n) is 5.67. The highest BCUT2D eigenvalue weighted by Gasteiger charge is 2.14. The highest BCUT2D eigenvalue weighted by Crippen LogP contribution is 2.32. The van der Waals surface area contributed by atoms with Crippen molar-refractivity contribution < 1.29 is 9.84 Å². The van der Waals surface area contributed by atoms with Crippen LogP contribution in [0.1, 0.15) is 22.1 Å². The Morgan fingerprint density at radius 1 is 1.39 bits per heavy atom. The van der Waals surface area contributed by atoms with Crippen LogP contribution in [0.25, 0.3) is 0 Å². The van der Waals surface area contributed by atoms with Gasteiger partial charge in [0.05, 0.1) is 17.0 Å². The summed E-state index contributed by atoms with van der Waals surface area (Å²) in [6, 6.07) is 9.80. The zero-order chi connectivity index (χ0) is 13.1. The SMILES string of the molecule is COc1cccc(CC(O)c2cc(Br)sc2C)c1. The second-order valence-corrected chi connectivity index (χ2v) is 6.77. The molecule has 0 aliphatic carbocycles. The average Bonchev–Trinajstić information content (AvgIpc) is 2.69. The number of aliphatic hydroxyl groups is 1. The summed E-state index contributed by atoms with van der Waals surface area (Å²) in [5.41, 5.74) is 2.07.